The monoisotopic (exact) mass is 274 g/mol. The fraction of sp³-hybridized carbons (Fsp3) is 0.250. The van der Waals surface area contributed by atoms with Gasteiger partial charge in [0.15, 0.2) is 0 Å². The molecule has 1 heterocycles. The molecule has 1 amide bonds. The summed E-state index contributed by atoms with van der Waals surface area (Å²) in [5.41, 5.74) is 10.7. The second kappa shape index (κ2) is 5.34. The van der Waals surface area contributed by atoms with E-state index < -0.39 is 21.1 Å². The van der Waals surface area contributed by atoms with E-state index in [9.17, 15) is 14.9 Å². The first kappa shape index (κ1) is 13.7. The van der Waals surface area contributed by atoms with Crippen LogP contribution in [-0.2, 0) is 4.79 Å². The molecule has 0 saturated heterocycles. The smallest absolute Gasteiger partial charge is 0.292 e. The number of nitrogens with zero attached hydrogens (tertiary/aromatic N) is 2. The number of hydrogen-bond acceptors (Lipinski definition) is 7. The lowest BCUT2D eigenvalue weighted by atomic mass is 10.3. The SMILES string of the molecule is NC(=O)[C@](N)(Sc1ccccn1)C(S)[N+](=O)[O-]. The molecule has 7 nitrogen and oxygen atoms in total. The van der Waals surface area contributed by atoms with Crippen LogP contribution in [0.1, 0.15) is 0 Å². The molecular weight excluding hydrogens is 264 g/mol. The van der Waals surface area contributed by atoms with E-state index >= 15 is 0 Å². The fourth-order valence-electron chi connectivity index (χ4n) is 0.967. The fourth-order valence-corrected chi connectivity index (χ4v) is 2.15. The Morgan fingerprint density at radius 2 is 2.29 bits per heavy atom. The summed E-state index contributed by atoms with van der Waals surface area (Å²) in [6, 6.07) is 4.89. The van der Waals surface area contributed by atoms with Crippen LogP contribution in [-0.4, -0.2) is 26.1 Å². The summed E-state index contributed by atoms with van der Waals surface area (Å²) in [4.78, 5) is 23.1. The molecule has 0 spiro atoms. The summed E-state index contributed by atoms with van der Waals surface area (Å²) in [6.07, 6.45) is 1.48. The van der Waals surface area contributed by atoms with Crippen molar-refractivity contribution in [2.45, 2.75) is 15.3 Å². The number of aromatic nitrogens is 1. The zero-order valence-electron chi connectivity index (χ0n) is 8.52. The van der Waals surface area contributed by atoms with Crippen LogP contribution >= 0.6 is 24.4 Å². The van der Waals surface area contributed by atoms with Crippen LogP contribution in [0.15, 0.2) is 29.4 Å². The van der Waals surface area contributed by atoms with Crippen molar-refractivity contribution in [1.82, 2.24) is 4.98 Å². The summed E-state index contributed by atoms with van der Waals surface area (Å²) in [6.45, 7) is 0. The number of pyridine rings is 1. The lowest BCUT2D eigenvalue weighted by molar-refractivity contribution is -0.497. The number of carbonyl (C=O) groups is 1. The van der Waals surface area contributed by atoms with Gasteiger partial charge in [-0.2, -0.15) is 0 Å². The molecule has 2 atom stereocenters. The predicted octanol–water partition coefficient (Wildman–Crippen LogP) is -0.153. The minimum atomic E-state index is -1.96. The van der Waals surface area contributed by atoms with Crippen molar-refractivity contribution in [2.75, 3.05) is 0 Å². The molecule has 0 fully saturated rings. The minimum Gasteiger partial charge on any atom is -0.367 e. The lowest BCUT2D eigenvalue weighted by Crippen LogP contribution is -2.58. The van der Waals surface area contributed by atoms with Gasteiger partial charge in [-0.1, -0.05) is 30.5 Å². The summed E-state index contributed by atoms with van der Waals surface area (Å²) in [7, 11) is 0. The second-order valence-electron chi connectivity index (χ2n) is 3.09. The highest BCUT2D eigenvalue weighted by atomic mass is 32.2. The van der Waals surface area contributed by atoms with Crippen LogP contribution in [0.5, 0.6) is 0 Å². The first-order chi connectivity index (χ1) is 7.88. The Labute approximate surface area is 107 Å². The zero-order chi connectivity index (χ0) is 13.1. The van der Waals surface area contributed by atoms with E-state index in [2.05, 4.69) is 17.6 Å². The van der Waals surface area contributed by atoms with Crippen molar-refractivity contribution in [3.8, 4) is 0 Å². The van der Waals surface area contributed by atoms with E-state index in [0.29, 0.717) is 16.8 Å². The molecule has 0 aliphatic carbocycles. The average molecular weight is 274 g/mol. The van der Waals surface area contributed by atoms with E-state index in [1.165, 1.54) is 6.20 Å². The maximum absolute atomic E-state index is 11.3. The molecule has 1 rings (SSSR count). The van der Waals surface area contributed by atoms with Gasteiger partial charge >= 0.3 is 0 Å². The summed E-state index contributed by atoms with van der Waals surface area (Å²) < 4.78 is 0. The van der Waals surface area contributed by atoms with Gasteiger partial charge in [0.2, 0.25) is 4.87 Å². The molecule has 0 saturated carbocycles. The van der Waals surface area contributed by atoms with Crippen molar-refractivity contribution in [3.05, 3.63) is 34.5 Å². The van der Waals surface area contributed by atoms with Gasteiger partial charge in [0, 0.05) is 11.1 Å². The number of amides is 1. The standard InChI is InChI=1S/C8H10N4O3S2/c9-6(13)8(10,7(16)12(14)15)17-5-3-1-2-4-11-5/h1-4,7,16H,10H2,(H2,9,13)/t7?,8-/m0/s1. The van der Waals surface area contributed by atoms with Gasteiger partial charge in [-0.3, -0.25) is 14.9 Å². The van der Waals surface area contributed by atoms with E-state index in [4.69, 9.17) is 11.5 Å². The minimum absolute atomic E-state index is 0.356. The molecule has 17 heavy (non-hydrogen) atoms. The quantitative estimate of drug-likeness (QED) is 0.225. The van der Waals surface area contributed by atoms with Crippen LogP contribution in [0.3, 0.4) is 0 Å². The van der Waals surface area contributed by atoms with Gasteiger partial charge in [0.05, 0.1) is 5.03 Å². The van der Waals surface area contributed by atoms with Crippen LogP contribution in [0.25, 0.3) is 0 Å². The second-order valence-corrected chi connectivity index (χ2v) is 4.87. The highest BCUT2D eigenvalue weighted by Gasteiger charge is 2.48. The van der Waals surface area contributed by atoms with Gasteiger partial charge < -0.3 is 11.5 Å². The summed E-state index contributed by atoms with van der Waals surface area (Å²) >= 11 is 4.41. The Morgan fingerprint density at radius 1 is 1.65 bits per heavy atom. The molecule has 4 N–H and O–H groups in total. The molecule has 1 aromatic rings. The van der Waals surface area contributed by atoms with Crippen molar-refractivity contribution < 1.29 is 9.72 Å². The van der Waals surface area contributed by atoms with Crippen LogP contribution in [0.4, 0.5) is 0 Å². The Bertz CT molecular complexity index is 430. The molecular formula is C8H10N4O3S2. The third kappa shape index (κ3) is 3.08. The van der Waals surface area contributed by atoms with Crippen molar-refractivity contribution in [2.24, 2.45) is 11.5 Å². The molecule has 0 bridgehead atoms. The van der Waals surface area contributed by atoms with Crippen LogP contribution in [0.2, 0.25) is 0 Å². The first-order valence-corrected chi connectivity index (χ1v) is 5.71. The average Bonchev–Trinajstić information content (AvgIpc) is 2.28. The molecule has 0 aliphatic rings. The predicted molar refractivity (Wildman–Crippen MR) is 66.0 cm³/mol. The lowest BCUT2D eigenvalue weighted by Gasteiger charge is -2.24. The van der Waals surface area contributed by atoms with Crippen molar-refractivity contribution >= 4 is 30.3 Å². The van der Waals surface area contributed by atoms with E-state index in [-0.39, 0.29) is 0 Å². The van der Waals surface area contributed by atoms with Crippen molar-refractivity contribution in [3.63, 3.8) is 0 Å². The first-order valence-electron chi connectivity index (χ1n) is 4.38. The number of carbonyl (C=O) groups excluding carboxylic acids is 1. The Balaban J connectivity index is 3.02. The largest absolute Gasteiger partial charge is 0.367 e. The van der Waals surface area contributed by atoms with E-state index in [1.54, 1.807) is 18.2 Å². The number of nitrogens with two attached hydrogens (primary N) is 2. The number of rotatable bonds is 5. The molecule has 0 aliphatic heterocycles. The van der Waals surface area contributed by atoms with E-state index in [1.807, 2.05) is 0 Å². The van der Waals surface area contributed by atoms with Crippen molar-refractivity contribution in [1.29, 1.82) is 0 Å². The molecule has 0 aromatic carbocycles. The molecule has 92 valence electrons. The number of primary amides is 1. The number of thioether (sulfide) groups is 1. The zero-order valence-corrected chi connectivity index (χ0v) is 10.2. The Kier molecular flexibility index (Phi) is 4.32. The maximum atomic E-state index is 11.3. The Hall–Kier alpha value is -1.32. The van der Waals surface area contributed by atoms with Gasteiger partial charge in [0.25, 0.3) is 11.3 Å². The van der Waals surface area contributed by atoms with Gasteiger partial charge in [-0.05, 0) is 12.1 Å². The molecule has 1 unspecified atom stereocenters. The number of nitro groups is 1. The maximum Gasteiger partial charge on any atom is 0.292 e. The highest BCUT2D eigenvalue weighted by molar-refractivity contribution is 8.02. The van der Waals surface area contributed by atoms with Crippen LogP contribution < -0.4 is 11.5 Å². The molecule has 0 radical (unpaired) electrons. The van der Waals surface area contributed by atoms with Gasteiger partial charge in [-0.25, -0.2) is 4.98 Å². The third-order valence-electron chi connectivity index (χ3n) is 1.88. The van der Waals surface area contributed by atoms with Gasteiger partial charge in [0.1, 0.15) is 0 Å². The van der Waals surface area contributed by atoms with Crippen LogP contribution in [0, 0.1) is 10.1 Å². The summed E-state index contributed by atoms with van der Waals surface area (Å²) in [5.74, 6) is -1.02. The highest BCUT2D eigenvalue weighted by Crippen LogP contribution is 2.32. The summed E-state index contributed by atoms with van der Waals surface area (Å²) in [5, 5.41) is 9.39. The number of hydrogen-bond donors (Lipinski definition) is 3. The number of thiol groups is 1. The molecule has 9 heteroatoms. The molecule has 1 aromatic heterocycles. The third-order valence-corrected chi connectivity index (χ3v) is 3.86. The van der Waals surface area contributed by atoms with Gasteiger partial charge in [-0.15, -0.1) is 0 Å². The normalized spacial score (nSPS) is 15.9. The topological polar surface area (TPSA) is 125 Å². The van der Waals surface area contributed by atoms with E-state index in [0.717, 1.165) is 0 Å². The Morgan fingerprint density at radius 3 is 2.71 bits per heavy atom.